The summed E-state index contributed by atoms with van der Waals surface area (Å²) in [6.45, 7) is 7.65. The number of rotatable bonds is 10. The van der Waals surface area contributed by atoms with Gasteiger partial charge in [-0.15, -0.1) is 11.3 Å². The molecule has 0 spiro atoms. The number of amides is 2. The quantitative estimate of drug-likeness (QED) is 0.367. The smallest absolute Gasteiger partial charge is 0.408 e. The number of thiazole rings is 1. The van der Waals surface area contributed by atoms with Crippen LogP contribution < -0.4 is 10.6 Å². The third kappa shape index (κ3) is 6.89. The third-order valence-electron chi connectivity index (χ3n) is 5.13. The van der Waals surface area contributed by atoms with Gasteiger partial charge in [-0.3, -0.25) is 4.79 Å². The van der Waals surface area contributed by atoms with E-state index in [2.05, 4.69) is 20.6 Å². The lowest BCUT2D eigenvalue weighted by atomic mass is 10.0. The maximum absolute atomic E-state index is 12.9. The van der Waals surface area contributed by atoms with Gasteiger partial charge in [0.25, 0.3) is 5.91 Å². The van der Waals surface area contributed by atoms with E-state index in [0.717, 1.165) is 16.9 Å². The first-order valence-electron chi connectivity index (χ1n) is 11.1. The molecule has 0 aliphatic carbocycles. The van der Waals surface area contributed by atoms with Crippen molar-refractivity contribution in [3.63, 3.8) is 0 Å². The Morgan fingerprint density at radius 2 is 1.69 bits per heavy atom. The van der Waals surface area contributed by atoms with Crippen molar-refractivity contribution in [2.24, 2.45) is 11.8 Å². The van der Waals surface area contributed by atoms with Crippen molar-refractivity contribution in [2.75, 3.05) is 0 Å². The lowest BCUT2D eigenvalue weighted by Crippen LogP contribution is -2.33. The third-order valence-corrected chi connectivity index (χ3v) is 6.06. The average Bonchev–Trinajstić information content (AvgIpc) is 3.50. The predicted molar refractivity (Wildman–Crippen MR) is 128 cm³/mol. The Balaban J connectivity index is 1.66. The fraction of sp³-hybridized carbons (Fsp3) is 0.375. The van der Waals surface area contributed by atoms with E-state index in [-0.39, 0.29) is 35.7 Å². The zero-order valence-corrected chi connectivity index (χ0v) is 20.7. The van der Waals surface area contributed by atoms with Crippen molar-refractivity contribution in [1.29, 1.82) is 0 Å². The van der Waals surface area contributed by atoms with Crippen LogP contribution in [0.3, 0.4) is 0 Å². The summed E-state index contributed by atoms with van der Waals surface area (Å²) in [5, 5.41) is 16.6. The molecule has 2 heterocycles. The van der Waals surface area contributed by atoms with E-state index < -0.39 is 30.1 Å². The molecule has 2 aromatic heterocycles. The van der Waals surface area contributed by atoms with Gasteiger partial charge in [0, 0.05) is 5.38 Å². The van der Waals surface area contributed by atoms with Gasteiger partial charge in [0.1, 0.15) is 23.9 Å². The van der Waals surface area contributed by atoms with Crippen molar-refractivity contribution < 1.29 is 28.6 Å². The van der Waals surface area contributed by atoms with E-state index in [0.29, 0.717) is 5.01 Å². The fourth-order valence-corrected chi connectivity index (χ4v) is 4.21. The SMILES string of the molecule is CC(C)[C@H](NC(=O)OCc1ccccc1)c1nc(C(=O)N[C@H](c2nc(C(=O)O)cs2)C(C)C)co1. The first kappa shape index (κ1) is 25.9. The number of nitrogens with zero attached hydrogens (tertiary/aromatic N) is 2. The molecular weight excluding hydrogens is 472 g/mol. The average molecular weight is 501 g/mol. The number of hydrogen-bond acceptors (Lipinski definition) is 8. The monoisotopic (exact) mass is 500 g/mol. The highest BCUT2D eigenvalue weighted by Gasteiger charge is 2.28. The number of nitrogens with one attached hydrogen (secondary N) is 2. The predicted octanol–water partition coefficient (Wildman–Crippen LogP) is 4.58. The van der Waals surface area contributed by atoms with Gasteiger partial charge in [0.2, 0.25) is 5.89 Å². The van der Waals surface area contributed by atoms with Gasteiger partial charge in [-0.2, -0.15) is 0 Å². The lowest BCUT2D eigenvalue weighted by Gasteiger charge is -2.20. The Morgan fingerprint density at radius 3 is 2.29 bits per heavy atom. The summed E-state index contributed by atoms with van der Waals surface area (Å²) in [7, 11) is 0. The van der Waals surface area contributed by atoms with E-state index in [4.69, 9.17) is 14.3 Å². The van der Waals surface area contributed by atoms with E-state index in [1.54, 1.807) is 0 Å². The zero-order valence-electron chi connectivity index (χ0n) is 19.8. The second-order valence-corrected chi connectivity index (χ2v) is 9.46. The number of alkyl carbamates (subject to hydrolysis) is 1. The minimum Gasteiger partial charge on any atom is -0.476 e. The van der Waals surface area contributed by atoms with Crippen LogP contribution in [0.25, 0.3) is 0 Å². The first-order chi connectivity index (χ1) is 16.7. The summed E-state index contributed by atoms with van der Waals surface area (Å²) >= 11 is 1.16. The minimum absolute atomic E-state index is 0.0331. The molecule has 2 atom stereocenters. The molecule has 1 aromatic carbocycles. The molecule has 0 unspecified atom stereocenters. The summed E-state index contributed by atoms with van der Waals surface area (Å²) in [6, 6.07) is 8.18. The molecule has 0 aliphatic rings. The van der Waals surface area contributed by atoms with Crippen molar-refractivity contribution in [2.45, 2.75) is 46.4 Å². The number of aromatic carboxylic acids is 1. The van der Waals surface area contributed by atoms with Crippen LogP contribution in [-0.2, 0) is 11.3 Å². The van der Waals surface area contributed by atoms with Crippen LogP contribution in [0, 0.1) is 11.8 Å². The number of ether oxygens (including phenoxy) is 1. The molecule has 3 rings (SSSR count). The number of aromatic nitrogens is 2. The van der Waals surface area contributed by atoms with E-state index in [1.807, 2.05) is 58.0 Å². The van der Waals surface area contributed by atoms with E-state index in [1.165, 1.54) is 11.6 Å². The molecule has 0 saturated carbocycles. The normalized spacial score (nSPS) is 12.9. The van der Waals surface area contributed by atoms with Crippen molar-refractivity contribution in [3.05, 3.63) is 69.8 Å². The van der Waals surface area contributed by atoms with Crippen LogP contribution in [0.15, 0.2) is 46.4 Å². The molecule has 0 fully saturated rings. The van der Waals surface area contributed by atoms with Crippen molar-refractivity contribution >= 4 is 29.3 Å². The van der Waals surface area contributed by atoms with Crippen LogP contribution in [-0.4, -0.2) is 33.0 Å². The summed E-state index contributed by atoms with van der Waals surface area (Å²) in [5.41, 5.74) is 0.818. The Hall–Kier alpha value is -3.73. The van der Waals surface area contributed by atoms with Gasteiger partial charge in [-0.05, 0) is 17.4 Å². The van der Waals surface area contributed by atoms with Gasteiger partial charge < -0.3 is 24.9 Å². The number of benzene rings is 1. The van der Waals surface area contributed by atoms with Gasteiger partial charge in [0.05, 0.1) is 6.04 Å². The maximum Gasteiger partial charge on any atom is 0.408 e. The summed E-state index contributed by atoms with van der Waals surface area (Å²) < 4.78 is 10.8. The van der Waals surface area contributed by atoms with Crippen molar-refractivity contribution in [3.8, 4) is 0 Å². The molecule has 11 heteroatoms. The number of carboxylic acid groups (broad SMARTS) is 1. The number of carbonyl (C=O) groups excluding carboxylic acids is 2. The van der Waals surface area contributed by atoms with Gasteiger partial charge >= 0.3 is 12.1 Å². The molecule has 0 saturated heterocycles. The Labute approximate surface area is 206 Å². The topological polar surface area (TPSA) is 144 Å². The Kier molecular flexibility index (Phi) is 8.58. The lowest BCUT2D eigenvalue weighted by molar-refractivity contribution is 0.0690. The maximum atomic E-state index is 12.9. The molecular formula is C24H28N4O6S. The second-order valence-electron chi connectivity index (χ2n) is 8.57. The number of carboxylic acids is 1. The Bertz CT molecular complexity index is 1160. The molecule has 186 valence electrons. The highest BCUT2D eigenvalue weighted by atomic mass is 32.1. The van der Waals surface area contributed by atoms with Crippen LogP contribution >= 0.6 is 11.3 Å². The second kappa shape index (κ2) is 11.6. The van der Waals surface area contributed by atoms with Crippen LogP contribution in [0.4, 0.5) is 4.79 Å². The van der Waals surface area contributed by atoms with Crippen molar-refractivity contribution in [1.82, 2.24) is 20.6 Å². The van der Waals surface area contributed by atoms with Gasteiger partial charge in [0.15, 0.2) is 11.4 Å². The molecule has 0 bridgehead atoms. The molecule has 3 N–H and O–H groups in total. The fourth-order valence-electron chi connectivity index (χ4n) is 3.20. The number of oxazole rings is 1. The van der Waals surface area contributed by atoms with Crippen LogP contribution in [0.2, 0.25) is 0 Å². The van der Waals surface area contributed by atoms with Gasteiger partial charge in [-0.25, -0.2) is 19.6 Å². The highest BCUT2D eigenvalue weighted by Crippen LogP contribution is 2.26. The molecule has 2 amide bonds. The van der Waals surface area contributed by atoms with E-state index in [9.17, 15) is 14.4 Å². The van der Waals surface area contributed by atoms with Gasteiger partial charge in [-0.1, -0.05) is 58.0 Å². The van der Waals surface area contributed by atoms with Crippen LogP contribution in [0.1, 0.15) is 77.2 Å². The molecule has 10 nitrogen and oxygen atoms in total. The molecule has 3 aromatic rings. The highest BCUT2D eigenvalue weighted by molar-refractivity contribution is 7.09. The number of hydrogen-bond donors (Lipinski definition) is 3. The summed E-state index contributed by atoms with van der Waals surface area (Å²) in [4.78, 5) is 44.8. The molecule has 35 heavy (non-hydrogen) atoms. The zero-order chi connectivity index (χ0) is 25.5. The van der Waals surface area contributed by atoms with E-state index >= 15 is 0 Å². The summed E-state index contributed by atoms with van der Waals surface area (Å²) in [5.74, 6) is -1.60. The summed E-state index contributed by atoms with van der Waals surface area (Å²) in [6.07, 6.45) is 0.591. The number of carbonyl (C=O) groups is 3. The Morgan fingerprint density at radius 1 is 1.00 bits per heavy atom. The molecule has 0 radical (unpaired) electrons. The largest absolute Gasteiger partial charge is 0.476 e. The minimum atomic E-state index is -1.13. The molecule has 0 aliphatic heterocycles. The van der Waals surface area contributed by atoms with Crippen LogP contribution in [0.5, 0.6) is 0 Å². The standard InChI is InChI=1S/C24H28N4O6S/c1-13(2)18(28-24(32)34-10-15-8-6-5-7-9-15)21-25-16(11-33-21)20(29)27-19(14(3)4)22-26-17(12-35-22)23(30)31/h5-9,11-14,18-19H,10H2,1-4H3,(H,27,29)(H,28,32)(H,30,31)/t18-,19-/m0/s1. The first-order valence-corrected chi connectivity index (χ1v) is 12.0.